The standard InChI is InChI=1S/C18H24N4S/c1-11-9-12(2)20-18-14(11)15-16(23-18)17(21-22(15)3)19-10-13-7-5-4-6-8-13/h9,13H,4-8,10H2,1-3H3,(H,19,21). The van der Waals surface area contributed by atoms with Gasteiger partial charge in [0.25, 0.3) is 0 Å². The molecule has 23 heavy (non-hydrogen) atoms. The molecule has 1 fully saturated rings. The maximum Gasteiger partial charge on any atom is 0.166 e. The molecule has 1 saturated carbocycles. The van der Waals surface area contributed by atoms with Crippen LogP contribution < -0.4 is 5.32 Å². The maximum atomic E-state index is 4.74. The molecule has 3 aromatic heterocycles. The molecule has 0 radical (unpaired) electrons. The Bertz CT molecular complexity index is 855. The van der Waals surface area contributed by atoms with Crippen molar-refractivity contribution in [1.82, 2.24) is 14.8 Å². The molecule has 122 valence electrons. The van der Waals surface area contributed by atoms with E-state index in [1.165, 1.54) is 53.3 Å². The molecule has 3 aromatic rings. The van der Waals surface area contributed by atoms with E-state index in [0.29, 0.717) is 0 Å². The Morgan fingerprint density at radius 1 is 1.26 bits per heavy atom. The number of aryl methyl sites for hydroxylation is 3. The number of aromatic nitrogens is 3. The third-order valence-electron chi connectivity index (χ3n) is 5.03. The Morgan fingerprint density at radius 3 is 2.83 bits per heavy atom. The predicted molar refractivity (Wildman–Crippen MR) is 98.4 cm³/mol. The molecule has 4 rings (SSSR count). The number of anilines is 1. The lowest BCUT2D eigenvalue weighted by Crippen LogP contribution is -2.17. The van der Waals surface area contributed by atoms with E-state index in [1.54, 1.807) is 11.3 Å². The molecular formula is C18H24N4S. The third-order valence-corrected chi connectivity index (χ3v) is 6.11. The van der Waals surface area contributed by atoms with Gasteiger partial charge in [-0.3, -0.25) is 4.68 Å². The Morgan fingerprint density at radius 2 is 2.04 bits per heavy atom. The summed E-state index contributed by atoms with van der Waals surface area (Å²) >= 11 is 1.77. The van der Waals surface area contributed by atoms with Gasteiger partial charge in [0.15, 0.2) is 5.82 Å². The molecule has 3 heterocycles. The van der Waals surface area contributed by atoms with Gasteiger partial charge in [-0.1, -0.05) is 19.3 Å². The van der Waals surface area contributed by atoms with Crippen molar-refractivity contribution in [2.24, 2.45) is 13.0 Å². The molecule has 0 unspecified atom stereocenters. The second kappa shape index (κ2) is 5.78. The van der Waals surface area contributed by atoms with Crippen molar-refractivity contribution in [3.05, 3.63) is 17.3 Å². The van der Waals surface area contributed by atoms with E-state index in [0.717, 1.165) is 28.8 Å². The molecule has 1 aliphatic carbocycles. The lowest BCUT2D eigenvalue weighted by atomic mass is 9.89. The van der Waals surface area contributed by atoms with Gasteiger partial charge in [0.2, 0.25) is 0 Å². The van der Waals surface area contributed by atoms with Crippen molar-refractivity contribution in [2.45, 2.75) is 46.0 Å². The summed E-state index contributed by atoms with van der Waals surface area (Å²) in [6, 6.07) is 2.16. The van der Waals surface area contributed by atoms with Crippen LogP contribution in [0, 0.1) is 19.8 Å². The van der Waals surface area contributed by atoms with Crippen LogP contribution in [0.5, 0.6) is 0 Å². The zero-order valence-electron chi connectivity index (χ0n) is 14.1. The molecule has 4 nitrogen and oxygen atoms in total. The predicted octanol–water partition coefficient (Wildman–Crippen LogP) is 4.79. The van der Waals surface area contributed by atoms with Crippen LogP contribution in [0.2, 0.25) is 0 Å². The Kier molecular flexibility index (Phi) is 3.76. The molecule has 0 saturated heterocycles. The highest BCUT2D eigenvalue weighted by molar-refractivity contribution is 7.26. The zero-order valence-corrected chi connectivity index (χ0v) is 15.0. The van der Waals surface area contributed by atoms with Crippen LogP contribution in [0.1, 0.15) is 43.4 Å². The summed E-state index contributed by atoms with van der Waals surface area (Å²) < 4.78 is 3.26. The normalized spacial score (nSPS) is 16.5. The van der Waals surface area contributed by atoms with Crippen molar-refractivity contribution in [1.29, 1.82) is 0 Å². The van der Waals surface area contributed by atoms with Crippen LogP contribution in [0.4, 0.5) is 5.82 Å². The Hall–Kier alpha value is -1.62. The van der Waals surface area contributed by atoms with E-state index in [2.05, 4.69) is 25.2 Å². The minimum atomic E-state index is 0.803. The number of nitrogens with one attached hydrogen (secondary N) is 1. The lowest BCUT2D eigenvalue weighted by Gasteiger charge is -2.21. The van der Waals surface area contributed by atoms with Crippen molar-refractivity contribution in [3.8, 4) is 0 Å². The van der Waals surface area contributed by atoms with Gasteiger partial charge < -0.3 is 5.32 Å². The van der Waals surface area contributed by atoms with Crippen LogP contribution >= 0.6 is 11.3 Å². The molecule has 1 aliphatic rings. The van der Waals surface area contributed by atoms with Gasteiger partial charge in [0.05, 0.1) is 10.2 Å². The average molecular weight is 328 g/mol. The first-order valence-electron chi connectivity index (χ1n) is 8.61. The van der Waals surface area contributed by atoms with Gasteiger partial charge in [-0.05, 0) is 44.2 Å². The van der Waals surface area contributed by atoms with Crippen molar-refractivity contribution in [2.75, 3.05) is 11.9 Å². The number of hydrogen-bond donors (Lipinski definition) is 1. The fourth-order valence-corrected chi connectivity index (χ4v) is 5.17. The summed E-state index contributed by atoms with van der Waals surface area (Å²) in [4.78, 5) is 5.86. The van der Waals surface area contributed by atoms with E-state index < -0.39 is 0 Å². The van der Waals surface area contributed by atoms with Gasteiger partial charge in [-0.2, -0.15) is 5.10 Å². The second-order valence-corrected chi connectivity index (χ2v) is 7.90. The second-order valence-electron chi connectivity index (χ2n) is 6.90. The van der Waals surface area contributed by atoms with Crippen molar-refractivity contribution < 1.29 is 0 Å². The molecule has 0 atom stereocenters. The summed E-state index contributed by atoms with van der Waals surface area (Å²) in [7, 11) is 2.04. The first-order valence-corrected chi connectivity index (χ1v) is 9.42. The van der Waals surface area contributed by atoms with Crippen molar-refractivity contribution in [3.63, 3.8) is 0 Å². The zero-order chi connectivity index (χ0) is 16.0. The molecule has 0 amide bonds. The SMILES string of the molecule is Cc1cc(C)c2c(n1)sc1c(NCC3CCCCC3)nn(C)c12. The molecule has 5 heteroatoms. The van der Waals surface area contributed by atoms with E-state index >= 15 is 0 Å². The molecule has 1 N–H and O–H groups in total. The first-order chi connectivity index (χ1) is 11.1. The van der Waals surface area contributed by atoms with Gasteiger partial charge in [0, 0.05) is 24.7 Å². The molecule has 0 spiro atoms. The van der Waals surface area contributed by atoms with Gasteiger partial charge in [-0.25, -0.2) is 4.98 Å². The van der Waals surface area contributed by atoms with Crippen LogP contribution in [0.15, 0.2) is 6.07 Å². The van der Waals surface area contributed by atoms with Crippen LogP contribution in [0.3, 0.4) is 0 Å². The number of fused-ring (bicyclic) bond motifs is 3. The molecule has 0 bridgehead atoms. The largest absolute Gasteiger partial charge is 0.367 e. The molecule has 0 aliphatic heterocycles. The first kappa shape index (κ1) is 14.9. The van der Waals surface area contributed by atoms with E-state index in [-0.39, 0.29) is 0 Å². The van der Waals surface area contributed by atoms with Crippen LogP contribution in [-0.2, 0) is 7.05 Å². The maximum absolute atomic E-state index is 4.74. The smallest absolute Gasteiger partial charge is 0.166 e. The topological polar surface area (TPSA) is 42.7 Å². The van der Waals surface area contributed by atoms with E-state index in [1.807, 2.05) is 11.7 Å². The van der Waals surface area contributed by atoms with E-state index in [4.69, 9.17) is 10.1 Å². The number of thiophene rings is 1. The Balaban J connectivity index is 1.71. The number of nitrogens with zero attached hydrogens (tertiary/aromatic N) is 3. The summed E-state index contributed by atoms with van der Waals surface area (Å²) in [6.45, 7) is 5.29. The highest BCUT2D eigenvalue weighted by atomic mass is 32.1. The molecule has 0 aromatic carbocycles. The minimum absolute atomic E-state index is 0.803. The fraction of sp³-hybridized carbons (Fsp3) is 0.556. The summed E-state index contributed by atoms with van der Waals surface area (Å²) in [5.41, 5.74) is 3.60. The summed E-state index contributed by atoms with van der Waals surface area (Å²) in [5.74, 6) is 1.84. The third kappa shape index (κ3) is 2.61. The number of pyridine rings is 1. The number of rotatable bonds is 3. The average Bonchev–Trinajstić information content (AvgIpc) is 3.04. The summed E-state index contributed by atoms with van der Waals surface area (Å²) in [6.07, 6.45) is 6.89. The van der Waals surface area contributed by atoms with Crippen LogP contribution in [-0.4, -0.2) is 21.3 Å². The Labute approximate surface area is 140 Å². The molecular weight excluding hydrogens is 304 g/mol. The fourth-order valence-electron chi connectivity index (χ4n) is 3.89. The van der Waals surface area contributed by atoms with Gasteiger partial charge in [0.1, 0.15) is 4.83 Å². The highest BCUT2D eigenvalue weighted by Gasteiger charge is 2.19. The lowest BCUT2D eigenvalue weighted by molar-refractivity contribution is 0.373. The van der Waals surface area contributed by atoms with Gasteiger partial charge >= 0.3 is 0 Å². The monoisotopic (exact) mass is 328 g/mol. The highest BCUT2D eigenvalue weighted by Crippen LogP contribution is 2.39. The van der Waals surface area contributed by atoms with Gasteiger partial charge in [-0.15, -0.1) is 11.3 Å². The quantitative estimate of drug-likeness (QED) is 0.751. The van der Waals surface area contributed by atoms with Crippen molar-refractivity contribution >= 4 is 37.6 Å². The summed E-state index contributed by atoms with van der Waals surface area (Å²) in [5, 5.41) is 9.62. The van der Waals surface area contributed by atoms with E-state index in [9.17, 15) is 0 Å². The number of hydrogen-bond acceptors (Lipinski definition) is 4. The minimum Gasteiger partial charge on any atom is -0.367 e. The van der Waals surface area contributed by atoms with Crippen LogP contribution in [0.25, 0.3) is 20.4 Å².